The van der Waals surface area contributed by atoms with Crippen LogP contribution in [0.2, 0.25) is 5.02 Å². The Labute approximate surface area is 219 Å². The quantitative estimate of drug-likeness (QED) is 0.211. The molecule has 12 heteroatoms. The minimum absolute atomic E-state index is 0.0388. The van der Waals surface area contributed by atoms with Gasteiger partial charge in [-0.1, -0.05) is 57.7 Å². The van der Waals surface area contributed by atoms with Crippen LogP contribution >= 0.6 is 45.5 Å². The number of para-hydroxylation sites is 1. The van der Waals surface area contributed by atoms with E-state index < -0.39 is 0 Å². The first kappa shape index (κ1) is 24.6. The number of carbonyl (C=O) groups excluding carboxylic acids is 2. The van der Waals surface area contributed by atoms with Crippen LogP contribution in [0.15, 0.2) is 30.5 Å². The average Bonchev–Trinajstić information content (AvgIpc) is 3.37. The normalized spacial score (nSPS) is 17.5. The molecule has 2 atom stereocenters. The van der Waals surface area contributed by atoms with E-state index in [4.69, 9.17) is 11.6 Å². The molecule has 1 fully saturated rings. The van der Waals surface area contributed by atoms with Crippen LogP contribution < -0.4 is 20.9 Å². The Hall–Kier alpha value is -2.51. The van der Waals surface area contributed by atoms with E-state index in [0.29, 0.717) is 32.4 Å². The number of anilines is 4. The van der Waals surface area contributed by atoms with Crippen molar-refractivity contribution in [2.24, 2.45) is 0 Å². The number of rotatable bonds is 6. The zero-order chi connectivity index (χ0) is 24.4. The number of nitrogens with one attached hydrogen (secondary N) is 3. The Morgan fingerprint density at radius 3 is 2.79 bits per heavy atom. The molecule has 1 aromatic carbocycles. The first-order chi connectivity index (χ1) is 16.2. The summed E-state index contributed by atoms with van der Waals surface area (Å²) in [6.07, 6.45) is 2.36. The van der Waals surface area contributed by atoms with E-state index >= 15 is 0 Å². The number of aromatic nitrogens is 3. The molecular formula is C22H23ClIN7O2S. The number of hydrogen-bond donors (Lipinski definition) is 3. The first-order valence-corrected chi connectivity index (χ1v) is 13.0. The van der Waals surface area contributed by atoms with Gasteiger partial charge in [0, 0.05) is 19.5 Å². The number of hydrogen-bond acceptors (Lipinski definition) is 8. The van der Waals surface area contributed by atoms with Crippen molar-refractivity contribution < 1.29 is 9.59 Å². The SMILES string of the molecule is CC(=O)NC1CCN(c2cc(Nc3ncc(C(=O)Nc4c(C)cccc4Cl)s3)nc(C)n2)C1I. The highest BCUT2D eigenvalue weighted by atomic mass is 127. The van der Waals surface area contributed by atoms with Crippen molar-refractivity contribution in [3.8, 4) is 0 Å². The second-order valence-corrected chi connectivity index (χ2v) is 10.6. The third-order valence-corrected chi connectivity index (χ3v) is 8.01. The number of thiazole rings is 1. The fraction of sp³-hybridized carbons (Fsp3) is 0.318. The molecule has 0 saturated carbocycles. The molecule has 3 heterocycles. The van der Waals surface area contributed by atoms with E-state index in [0.717, 1.165) is 24.3 Å². The smallest absolute Gasteiger partial charge is 0.267 e. The molecule has 2 amide bonds. The van der Waals surface area contributed by atoms with Crippen LogP contribution in [0.25, 0.3) is 0 Å². The largest absolute Gasteiger partial charge is 0.351 e. The number of amides is 2. The fourth-order valence-electron chi connectivity index (χ4n) is 3.67. The minimum atomic E-state index is -0.282. The van der Waals surface area contributed by atoms with E-state index in [1.54, 1.807) is 6.07 Å². The zero-order valence-corrected chi connectivity index (χ0v) is 22.5. The standard InChI is InChI=1S/C22H23ClIN7O2S/c1-11-5-4-6-14(23)19(11)30-21(33)16-10-25-22(34-16)29-17-9-18(27-12(2)26-17)31-8-7-15(20(31)24)28-13(3)32/h4-6,9-10,15,20H,7-8H2,1-3H3,(H,28,32)(H,30,33)(H,25,26,27,29). The molecule has 0 bridgehead atoms. The molecule has 1 aliphatic rings. The Morgan fingerprint density at radius 2 is 2.06 bits per heavy atom. The molecule has 2 unspecified atom stereocenters. The van der Waals surface area contributed by atoms with Crippen LogP contribution in [0.3, 0.4) is 0 Å². The first-order valence-electron chi connectivity index (χ1n) is 10.5. The van der Waals surface area contributed by atoms with Crippen molar-refractivity contribution in [3.05, 3.63) is 51.7 Å². The topological polar surface area (TPSA) is 112 Å². The molecular weight excluding hydrogens is 589 g/mol. The summed E-state index contributed by atoms with van der Waals surface area (Å²) in [5, 5.41) is 10.1. The van der Waals surface area contributed by atoms with Crippen molar-refractivity contribution in [2.45, 2.75) is 37.3 Å². The monoisotopic (exact) mass is 611 g/mol. The lowest BCUT2D eigenvalue weighted by Crippen LogP contribution is -2.41. The van der Waals surface area contributed by atoms with Gasteiger partial charge in [-0.25, -0.2) is 15.0 Å². The second-order valence-electron chi connectivity index (χ2n) is 7.86. The van der Waals surface area contributed by atoms with Crippen LogP contribution in [-0.2, 0) is 4.79 Å². The second kappa shape index (κ2) is 10.4. The molecule has 1 saturated heterocycles. The summed E-state index contributed by atoms with van der Waals surface area (Å²) in [7, 11) is 0. The van der Waals surface area contributed by atoms with Gasteiger partial charge in [0.2, 0.25) is 5.91 Å². The zero-order valence-electron chi connectivity index (χ0n) is 18.7. The minimum Gasteiger partial charge on any atom is -0.351 e. The number of benzene rings is 1. The van der Waals surface area contributed by atoms with E-state index in [1.807, 2.05) is 32.0 Å². The van der Waals surface area contributed by atoms with Gasteiger partial charge < -0.3 is 20.9 Å². The van der Waals surface area contributed by atoms with Crippen LogP contribution in [0, 0.1) is 13.8 Å². The lowest BCUT2D eigenvalue weighted by Gasteiger charge is -2.25. The number of aryl methyl sites for hydroxylation is 2. The maximum Gasteiger partial charge on any atom is 0.267 e. The molecule has 2 aromatic heterocycles. The molecule has 3 N–H and O–H groups in total. The van der Waals surface area contributed by atoms with Gasteiger partial charge in [0.05, 0.1) is 22.9 Å². The average molecular weight is 612 g/mol. The van der Waals surface area contributed by atoms with Crippen molar-refractivity contribution in [3.63, 3.8) is 0 Å². The molecule has 9 nitrogen and oxygen atoms in total. The molecule has 0 spiro atoms. The van der Waals surface area contributed by atoms with Gasteiger partial charge in [0.25, 0.3) is 5.91 Å². The van der Waals surface area contributed by atoms with Crippen molar-refractivity contribution in [1.29, 1.82) is 0 Å². The summed E-state index contributed by atoms with van der Waals surface area (Å²) in [4.78, 5) is 40.2. The van der Waals surface area contributed by atoms with Crippen LogP contribution in [0.1, 0.15) is 34.4 Å². The van der Waals surface area contributed by atoms with Gasteiger partial charge in [-0.2, -0.15) is 0 Å². The number of alkyl halides is 1. The molecule has 4 rings (SSSR count). The lowest BCUT2D eigenvalue weighted by molar-refractivity contribution is -0.119. The number of nitrogens with zero attached hydrogens (tertiary/aromatic N) is 4. The van der Waals surface area contributed by atoms with Crippen molar-refractivity contribution in [1.82, 2.24) is 20.3 Å². The lowest BCUT2D eigenvalue weighted by atomic mass is 10.2. The molecule has 0 aliphatic carbocycles. The highest BCUT2D eigenvalue weighted by molar-refractivity contribution is 14.1. The third kappa shape index (κ3) is 5.58. The van der Waals surface area contributed by atoms with Crippen LogP contribution in [0.4, 0.5) is 22.5 Å². The Kier molecular flexibility index (Phi) is 7.53. The molecule has 1 aliphatic heterocycles. The van der Waals surface area contributed by atoms with Gasteiger partial charge in [-0.05, 0) is 31.9 Å². The van der Waals surface area contributed by atoms with E-state index in [1.165, 1.54) is 24.5 Å². The van der Waals surface area contributed by atoms with E-state index in [9.17, 15) is 9.59 Å². The highest BCUT2D eigenvalue weighted by Gasteiger charge is 2.33. The van der Waals surface area contributed by atoms with Crippen molar-refractivity contribution >= 4 is 79.8 Å². The van der Waals surface area contributed by atoms with Gasteiger partial charge in [0.15, 0.2) is 5.13 Å². The third-order valence-electron chi connectivity index (χ3n) is 5.24. The van der Waals surface area contributed by atoms with Crippen LogP contribution in [0.5, 0.6) is 0 Å². The summed E-state index contributed by atoms with van der Waals surface area (Å²) in [5.41, 5.74) is 1.47. The predicted molar refractivity (Wildman–Crippen MR) is 144 cm³/mol. The Bertz CT molecular complexity index is 1220. The summed E-state index contributed by atoms with van der Waals surface area (Å²) in [6.45, 7) is 6.01. The van der Waals surface area contributed by atoms with E-state index in [-0.39, 0.29) is 21.9 Å². The summed E-state index contributed by atoms with van der Waals surface area (Å²) in [5.74, 6) is 1.64. The fourth-order valence-corrected chi connectivity index (χ4v) is 5.76. The summed E-state index contributed by atoms with van der Waals surface area (Å²) in [6, 6.07) is 7.37. The maximum absolute atomic E-state index is 12.7. The van der Waals surface area contributed by atoms with Gasteiger partial charge in [0.1, 0.15) is 26.4 Å². The number of carbonyl (C=O) groups is 2. The predicted octanol–water partition coefficient (Wildman–Crippen LogP) is 4.68. The Balaban J connectivity index is 1.47. The van der Waals surface area contributed by atoms with Crippen LogP contribution in [-0.4, -0.2) is 43.4 Å². The summed E-state index contributed by atoms with van der Waals surface area (Å²) >= 11 is 9.77. The van der Waals surface area contributed by atoms with Crippen molar-refractivity contribution in [2.75, 3.05) is 22.1 Å². The summed E-state index contributed by atoms with van der Waals surface area (Å²) < 4.78 is 0.0760. The molecule has 178 valence electrons. The highest BCUT2D eigenvalue weighted by Crippen LogP contribution is 2.31. The van der Waals surface area contributed by atoms with E-state index in [2.05, 4.69) is 58.4 Å². The molecule has 0 radical (unpaired) electrons. The van der Waals surface area contributed by atoms with Gasteiger partial charge in [-0.15, -0.1) is 0 Å². The Morgan fingerprint density at radius 1 is 1.26 bits per heavy atom. The number of halogens is 2. The van der Waals surface area contributed by atoms with Gasteiger partial charge >= 0.3 is 0 Å². The molecule has 34 heavy (non-hydrogen) atoms. The van der Waals surface area contributed by atoms with Gasteiger partial charge in [-0.3, -0.25) is 9.59 Å². The maximum atomic E-state index is 12.7. The molecule has 3 aromatic rings.